The van der Waals surface area contributed by atoms with Gasteiger partial charge in [-0.1, -0.05) is 97.3 Å². The number of fused-ring (bicyclic) bond motifs is 4. The number of methoxy groups -OCH3 is 1. The summed E-state index contributed by atoms with van der Waals surface area (Å²) in [6.07, 6.45) is 23.0. The van der Waals surface area contributed by atoms with E-state index in [9.17, 15) is 9.00 Å². The van der Waals surface area contributed by atoms with Gasteiger partial charge >= 0.3 is 0 Å². The number of ether oxygens (including phenoxy) is 1. The molecule has 8 heteroatoms. The van der Waals surface area contributed by atoms with Gasteiger partial charge < -0.3 is 10.1 Å². The Morgan fingerprint density at radius 3 is 2.24 bits per heavy atom. The Labute approximate surface area is 313 Å². The van der Waals surface area contributed by atoms with Gasteiger partial charge in [-0.05, 0) is 101 Å². The van der Waals surface area contributed by atoms with Crippen LogP contribution >= 0.6 is 0 Å². The lowest BCUT2D eigenvalue weighted by Gasteiger charge is -2.52. The van der Waals surface area contributed by atoms with Gasteiger partial charge in [-0.3, -0.25) is 18.9 Å². The molecule has 0 saturated carbocycles. The molecule has 3 aliphatic heterocycles. The topological polar surface area (TPSA) is 80.8 Å². The van der Waals surface area contributed by atoms with Gasteiger partial charge in [0.25, 0.3) is 0 Å². The first-order valence-corrected chi connectivity index (χ1v) is 21.8. The van der Waals surface area contributed by atoms with Crippen molar-refractivity contribution >= 4 is 27.9 Å². The Kier molecular flexibility index (Phi) is 17.7. The molecule has 0 radical (unpaired) electrons. The predicted molar refractivity (Wildman–Crippen MR) is 213 cm³/mol. The Morgan fingerprint density at radius 1 is 0.961 bits per heavy atom. The highest BCUT2D eigenvalue weighted by Gasteiger charge is 2.44. The quantitative estimate of drug-likeness (QED) is 0.109. The maximum atomic E-state index is 14.5. The largest absolute Gasteiger partial charge is 0.497 e. The zero-order valence-electron chi connectivity index (χ0n) is 33.1. The Morgan fingerprint density at radius 2 is 1.63 bits per heavy atom. The van der Waals surface area contributed by atoms with Crippen molar-refractivity contribution in [1.82, 2.24) is 15.2 Å². The molecule has 5 rings (SSSR count). The van der Waals surface area contributed by atoms with E-state index in [4.69, 9.17) is 8.92 Å². The van der Waals surface area contributed by atoms with Crippen molar-refractivity contribution < 1.29 is 17.9 Å². The summed E-state index contributed by atoms with van der Waals surface area (Å²) in [5.41, 5.74) is 1.82. The van der Waals surface area contributed by atoms with Crippen LogP contribution in [0.25, 0.3) is 10.9 Å². The number of carbonyl (C=O) groups is 1. The van der Waals surface area contributed by atoms with E-state index in [-0.39, 0.29) is 28.8 Å². The molecule has 3 fully saturated rings. The lowest BCUT2D eigenvalue weighted by Crippen LogP contribution is -2.55. The van der Waals surface area contributed by atoms with Gasteiger partial charge in [0.1, 0.15) is 11.9 Å². The molecule has 3 saturated heterocycles. The zero-order valence-corrected chi connectivity index (χ0v) is 33.9. The first-order valence-electron chi connectivity index (χ1n) is 20.7. The van der Waals surface area contributed by atoms with E-state index in [1.807, 2.05) is 39.1 Å². The summed E-state index contributed by atoms with van der Waals surface area (Å²) >= 11 is -1.42. The molecular weight excluding hydrogens is 655 g/mol. The van der Waals surface area contributed by atoms with Gasteiger partial charge in [-0.2, -0.15) is 0 Å². The minimum Gasteiger partial charge on any atom is -0.497 e. The van der Waals surface area contributed by atoms with Crippen LogP contribution in [0.5, 0.6) is 5.75 Å². The fraction of sp³-hybridized carbons (Fsp3) is 0.767. The molecule has 0 spiro atoms. The van der Waals surface area contributed by atoms with E-state index in [2.05, 4.69) is 41.2 Å². The van der Waals surface area contributed by atoms with Crippen LogP contribution in [0.3, 0.4) is 0 Å². The molecule has 1 aromatic carbocycles. The monoisotopic (exact) mass is 726 g/mol. The molecule has 3 aliphatic rings. The fourth-order valence-corrected chi connectivity index (χ4v) is 9.81. The zero-order chi connectivity index (χ0) is 36.6. The minimum atomic E-state index is -1.42. The standard InChI is InChI=1S/C43H71N3O4S/c1-7-9-10-11-12-13-15-18-21-36(22-19-16-14-17-20-23-41(47)45-43(3,4)5)51(48)50-42(40-30-34-27-29-46(40)32-33(34)8-2)37-26-28-44-39-25-24-35(49-6)31-38(37)39/h24-26,28,31,33-34,36,40,42H,7-23,27,29-30,32H2,1-6H3,(H,45,47)/t33-,34-,36?,40-,42+,51?/m0/s1. The molecule has 2 aromatic rings. The highest BCUT2D eigenvalue weighted by molar-refractivity contribution is 7.80. The summed E-state index contributed by atoms with van der Waals surface area (Å²) in [6, 6.07) is 8.36. The van der Waals surface area contributed by atoms with Crippen LogP contribution < -0.4 is 10.1 Å². The van der Waals surface area contributed by atoms with E-state index in [1.165, 1.54) is 57.8 Å². The van der Waals surface area contributed by atoms with Gasteiger partial charge in [0.15, 0.2) is 11.1 Å². The third-order valence-electron chi connectivity index (χ3n) is 11.4. The van der Waals surface area contributed by atoms with Gasteiger partial charge in [0, 0.05) is 36.1 Å². The molecule has 2 bridgehead atoms. The number of rotatable bonds is 24. The van der Waals surface area contributed by atoms with Crippen LogP contribution in [-0.2, 0) is 20.1 Å². The number of hydrogen-bond acceptors (Lipinski definition) is 6. The van der Waals surface area contributed by atoms with Crippen molar-refractivity contribution in [2.75, 3.05) is 20.2 Å². The molecule has 4 heterocycles. The first kappa shape index (κ1) is 41.7. The van der Waals surface area contributed by atoms with E-state index in [0.29, 0.717) is 12.3 Å². The number of aromatic nitrogens is 1. The number of nitrogens with one attached hydrogen (secondary N) is 1. The summed E-state index contributed by atoms with van der Waals surface area (Å²) in [7, 11) is 1.70. The van der Waals surface area contributed by atoms with E-state index in [0.717, 1.165) is 99.0 Å². The third-order valence-corrected chi connectivity index (χ3v) is 12.8. The molecule has 1 N–H and O–H groups in total. The van der Waals surface area contributed by atoms with E-state index in [1.54, 1.807) is 7.11 Å². The molecule has 0 aliphatic carbocycles. The molecule has 3 unspecified atom stereocenters. The number of piperidine rings is 3. The average Bonchev–Trinajstić information content (AvgIpc) is 3.12. The number of carbonyl (C=O) groups excluding carboxylic acids is 1. The van der Waals surface area contributed by atoms with Crippen LogP contribution in [0, 0.1) is 11.8 Å². The van der Waals surface area contributed by atoms with Crippen LogP contribution in [0.15, 0.2) is 30.5 Å². The van der Waals surface area contributed by atoms with Crippen molar-refractivity contribution in [3.8, 4) is 5.75 Å². The minimum absolute atomic E-state index is 0.0203. The molecule has 7 nitrogen and oxygen atoms in total. The summed E-state index contributed by atoms with van der Waals surface area (Å²) < 4.78 is 27.1. The molecule has 7 atom stereocenters. The van der Waals surface area contributed by atoms with Gasteiger partial charge in [0.2, 0.25) is 5.91 Å². The summed E-state index contributed by atoms with van der Waals surface area (Å²) in [5.74, 6) is 2.37. The number of amides is 1. The van der Waals surface area contributed by atoms with Crippen LogP contribution in [0.4, 0.5) is 0 Å². The fourth-order valence-electron chi connectivity index (χ4n) is 8.49. The SMILES string of the molecule is CCCCCCCCCCC(CCCCCCCC(=O)NC(C)(C)C)S(=O)O[C@H](c1ccnc2ccc(OC)cc12)[C@@H]1C[C@@H]2CCN1C[C@@H]2CC. The Hall–Kier alpha value is -2.03. The van der Waals surface area contributed by atoms with Gasteiger partial charge in [0.05, 0.1) is 17.9 Å². The first-order chi connectivity index (χ1) is 24.6. The highest BCUT2D eigenvalue weighted by Crippen LogP contribution is 2.45. The molecule has 1 amide bonds. The van der Waals surface area contributed by atoms with E-state index >= 15 is 0 Å². The van der Waals surface area contributed by atoms with Crippen LogP contribution in [-0.4, -0.2) is 57.0 Å². The van der Waals surface area contributed by atoms with Crippen LogP contribution in [0.2, 0.25) is 0 Å². The lowest BCUT2D eigenvalue weighted by molar-refractivity contribution is -0.122. The smallest absolute Gasteiger partial charge is 0.220 e. The molecule has 51 heavy (non-hydrogen) atoms. The summed E-state index contributed by atoms with van der Waals surface area (Å²) in [4.78, 5) is 19.6. The normalized spacial score (nSPS) is 22.2. The van der Waals surface area contributed by atoms with Crippen molar-refractivity contribution in [1.29, 1.82) is 0 Å². The Balaban J connectivity index is 1.44. The number of benzene rings is 1. The van der Waals surface area contributed by atoms with Crippen molar-refractivity contribution in [2.24, 2.45) is 11.8 Å². The molecule has 288 valence electrons. The third kappa shape index (κ3) is 13.4. The van der Waals surface area contributed by atoms with Crippen molar-refractivity contribution in [3.63, 3.8) is 0 Å². The number of unbranched alkanes of at least 4 members (excludes halogenated alkanes) is 11. The maximum absolute atomic E-state index is 14.5. The summed E-state index contributed by atoms with van der Waals surface area (Å²) in [6.45, 7) is 12.9. The lowest BCUT2D eigenvalue weighted by atomic mass is 9.72. The van der Waals surface area contributed by atoms with Crippen molar-refractivity contribution in [3.05, 3.63) is 36.0 Å². The Bertz CT molecular complexity index is 1350. The predicted octanol–water partition coefficient (Wildman–Crippen LogP) is 10.6. The number of nitrogens with zero attached hydrogens (tertiary/aromatic N) is 2. The van der Waals surface area contributed by atoms with E-state index < -0.39 is 11.1 Å². The second kappa shape index (κ2) is 21.6. The molecular formula is C43H71N3O4S. The average molecular weight is 726 g/mol. The molecule has 1 aromatic heterocycles. The highest BCUT2D eigenvalue weighted by atomic mass is 32.2. The maximum Gasteiger partial charge on any atom is 0.220 e. The second-order valence-electron chi connectivity index (χ2n) is 16.6. The van der Waals surface area contributed by atoms with Crippen LogP contribution in [0.1, 0.15) is 168 Å². The number of hydrogen-bond donors (Lipinski definition) is 1. The number of pyridine rings is 1. The van der Waals surface area contributed by atoms with Crippen molar-refractivity contribution in [2.45, 2.75) is 180 Å². The van der Waals surface area contributed by atoms with Gasteiger partial charge in [-0.25, -0.2) is 4.21 Å². The van der Waals surface area contributed by atoms with Gasteiger partial charge in [-0.15, -0.1) is 0 Å². The second-order valence-corrected chi connectivity index (χ2v) is 17.9. The summed E-state index contributed by atoms with van der Waals surface area (Å²) in [5, 5.41) is 4.12.